The molecule has 4 rings (SSSR count). The zero-order chi connectivity index (χ0) is 19.7. The zero-order valence-corrected chi connectivity index (χ0v) is 15.4. The predicted octanol–water partition coefficient (Wildman–Crippen LogP) is 6.85. The van der Waals surface area contributed by atoms with E-state index < -0.39 is 18.5 Å². The summed E-state index contributed by atoms with van der Waals surface area (Å²) >= 11 is 1.32. The first-order valence-electron chi connectivity index (χ1n) is 8.67. The van der Waals surface area contributed by atoms with E-state index >= 15 is 0 Å². The highest BCUT2D eigenvalue weighted by molar-refractivity contribution is 7.10. The smallest absolute Gasteiger partial charge is 0.354 e. The number of thiophene rings is 1. The van der Waals surface area contributed by atoms with Gasteiger partial charge in [-0.1, -0.05) is 42.5 Å². The maximum absolute atomic E-state index is 13.5. The maximum atomic E-state index is 13.5. The van der Waals surface area contributed by atoms with E-state index in [1.54, 1.807) is 35.7 Å². The molecule has 1 atom stereocenters. The molecule has 0 radical (unpaired) electrons. The van der Waals surface area contributed by atoms with Crippen molar-refractivity contribution in [2.45, 2.75) is 18.5 Å². The number of H-pyrrole nitrogens is 1. The van der Waals surface area contributed by atoms with Crippen LogP contribution in [0.5, 0.6) is 0 Å². The second-order valence-electron chi connectivity index (χ2n) is 6.54. The summed E-state index contributed by atoms with van der Waals surface area (Å²) in [6.07, 6.45) is -5.25. The molecule has 0 aliphatic heterocycles. The molecule has 0 unspecified atom stereocenters. The molecule has 0 saturated heterocycles. The van der Waals surface area contributed by atoms with Gasteiger partial charge in [-0.25, -0.2) is 0 Å². The van der Waals surface area contributed by atoms with Crippen molar-refractivity contribution in [2.24, 2.45) is 0 Å². The lowest BCUT2D eigenvalue weighted by Gasteiger charge is -2.19. The third kappa shape index (κ3) is 3.54. The van der Waals surface area contributed by atoms with Gasteiger partial charge in [0.1, 0.15) is 0 Å². The molecule has 28 heavy (non-hydrogen) atoms. The Morgan fingerprint density at radius 3 is 2.46 bits per heavy atom. The van der Waals surface area contributed by atoms with Crippen molar-refractivity contribution in [2.75, 3.05) is 0 Å². The molecule has 2 nitrogen and oxygen atoms in total. The molecule has 0 aliphatic carbocycles. The molecule has 0 spiro atoms. The van der Waals surface area contributed by atoms with E-state index in [9.17, 15) is 18.4 Å². The number of aromatic amines is 1. The van der Waals surface area contributed by atoms with Crippen LogP contribution >= 0.6 is 11.3 Å². The van der Waals surface area contributed by atoms with E-state index in [0.717, 1.165) is 5.56 Å². The molecule has 2 heterocycles. The van der Waals surface area contributed by atoms with Crippen molar-refractivity contribution in [3.8, 4) is 17.3 Å². The third-order valence-corrected chi connectivity index (χ3v) is 5.69. The van der Waals surface area contributed by atoms with Crippen LogP contribution in [0.15, 0.2) is 66.0 Å². The summed E-state index contributed by atoms with van der Waals surface area (Å²) in [6.45, 7) is 0. The van der Waals surface area contributed by atoms with E-state index in [1.165, 1.54) is 11.3 Å². The number of rotatable bonds is 4. The quantitative estimate of drug-likeness (QED) is 0.402. The van der Waals surface area contributed by atoms with Crippen LogP contribution in [0.25, 0.3) is 22.2 Å². The molecule has 6 heteroatoms. The van der Waals surface area contributed by atoms with Gasteiger partial charge >= 0.3 is 6.18 Å². The van der Waals surface area contributed by atoms with E-state index in [0.29, 0.717) is 32.6 Å². The van der Waals surface area contributed by atoms with Crippen LogP contribution in [0, 0.1) is 11.3 Å². The Labute approximate surface area is 163 Å². The van der Waals surface area contributed by atoms with Crippen LogP contribution < -0.4 is 0 Å². The number of hydrogen-bond donors (Lipinski definition) is 1. The molecule has 0 bridgehead atoms. The summed E-state index contributed by atoms with van der Waals surface area (Å²) in [5, 5.41) is 11.7. The van der Waals surface area contributed by atoms with Gasteiger partial charge in [0, 0.05) is 21.7 Å². The minimum atomic E-state index is -4.31. The second kappa shape index (κ2) is 7.17. The number of fused-ring (bicyclic) bond motifs is 1. The minimum absolute atomic E-state index is 0.461. The highest BCUT2D eigenvalue weighted by Gasteiger charge is 2.36. The normalized spacial score (nSPS) is 12.8. The highest BCUT2D eigenvalue weighted by Crippen LogP contribution is 2.45. The fourth-order valence-corrected chi connectivity index (χ4v) is 4.39. The van der Waals surface area contributed by atoms with E-state index in [4.69, 9.17) is 0 Å². The van der Waals surface area contributed by atoms with Gasteiger partial charge < -0.3 is 4.98 Å². The lowest BCUT2D eigenvalue weighted by Crippen LogP contribution is -2.14. The van der Waals surface area contributed by atoms with Gasteiger partial charge in [-0.05, 0) is 34.7 Å². The van der Waals surface area contributed by atoms with Gasteiger partial charge in [-0.2, -0.15) is 18.4 Å². The van der Waals surface area contributed by atoms with Crippen molar-refractivity contribution >= 4 is 22.2 Å². The van der Waals surface area contributed by atoms with Crippen molar-refractivity contribution < 1.29 is 13.2 Å². The Morgan fingerprint density at radius 1 is 1.04 bits per heavy atom. The molecule has 0 aliphatic rings. The molecule has 1 N–H and O–H groups in total. The summed E-state index contributed by atoms with van der Waals surface area (Å²) < 4.78 is 40.5. The maximum Gasteiger partial charge on any atom is 0.390 e. The third-order valence-electron chi connectivity index (χ3n) is 4.70. The van der Waals surface area contributed by atoms with Crippen molar-refractivity contribution in [1.82, 2.24) is 4.98 Å². The van der Waals surface area contributed by atoms with Crippen LogP contribution in [0.2, 0.25) is 0 Å². The molecule has 2 aromatic heterocycles. The number of aromatic nitrogens is 1. The molecule has 0 amide bonds. The van der Waals surface area contributed by atoms with Crippen molar-refractivity contribution in [1.29, 1.82) is 5.26 Å². The summed E-state index contributed by atoms with van der Waals surface area (Å²) in [6, 6.07) is 20.0. The first kappa shape index (κ1) is 18.3. The monoisotopic (exact) mass is 396 g/mol. The van der Waals surface area contributed by atoms with Gasteiger partial charge in [-0.15, -0.1) is 11.3 Å². The topological polar surface area (TPSA) is 39.6 Å². The second-order valence-corrected chi connectivity index (χ2v) is 7.52. The average molecular weight is 396 g/mol. The standard InChI is InChI=1S/C22H15F3N2S/c23-22(24,25)12-17(19-7-4-10-28-19)20-16-9-8-14(13-26)11-18(16)27-21(20)15-5-2-1-3-6-15/h1-11,17,27H,12H2/t17-/m0/s1. The average Bonchev–Trinajstić information content (AvgIpc) is 3.33. The first-order chi connectivity index (χ1) is 13.5. The fourth-order valence-electron chi connectivity index (χ4n) is 3.55. The fraction of sp³-hybridized carbons (Fsp3) is 0.136. The zero-order valence-electron chi connectivity index (χ0n) is 14.6. The molecule has 4 aromatic rings. The van der Waals surface area contributed by atoms with Crippen LogP contribution in [0.3, 0.4) is 0 Å². The van der Waals surface area contributed by atoms with Gasteiger partial charge in [0.05, 0.1) is 23.7 Å². The number of nitrogens with zero attached hydrogens (tertiary/aromatic N) is 1. The first-order valence-corrected chi connectivity index (χ1v) is 9.55. The van der Waals surface area contributed by atoms with Crippen LogP contribution in [0.4, 0.5) is 13.2 Å². The number of nitrogens with one attached hydrogen (secondary N) is 1. The van der Waals surface area contributed by atoms with Gasteiger partial charge in [-0.3, -0.25) is 0 Å². The number of alkyl halides is 3. The number of nitriles is 1. The largest absolute Gasteiger partial charge is 0.390 e. The summed E-state index contributed by atoms with van der Waals surface area (Å²) in [7, 11) is 0. The Morgan fingerprint density at radius 2 is 1.82 bits per heavy atom. The molecular formula is C22H15F3N2S. The summed E-state index contributed by atoms with van der Waals surface area (Å²) in [5.41, 5.74) is 3.22. The Kier molecular flexibility index (Phi) is 4.70. The van der Waals surface area contributed by atoms with Crippen LogP contribution in [-0.2, 0) is 0 Å². The molecule has 2 aromatic carbocycles. The van der Waals surface area contributed by atoms with E-state index in [2.05, 4.69) is 11.1 Å². The van der Waals surface area contributed by atoms with E-state index in [-0.39, 0.29) is 0 Å². The lowest BCUT2D eigenvalue weighted by molar-refractivity contribution is -0.136. The summed E-state index contributed by atoms with van der Waals surface area (Å²) in [5.74, 6) is -0.822. The molecule has 140 valence electrons. The molecule has 0 saturated carbocycles. The van der Waals surface area contributed by atoms with Crippen LogP contribution in [-0.4, -0.2) is 11.2 Å². The summed E-state index contributed by atoms with van der Waals surface area (Å²) in [4.78, 5) is 3.94. The highest BCUT2D eigenvalue weighted by atomic mass is 32.1. The van der Waals surface area contributed by atoms with Gasteiger partial charge in [0.15, 0.2) is 0 Å². The molecule has 0 fully saturated rings. The number of benzene rings is 2. The number of halogens is 3. The Bertz CT molecular complexity index is 1140. The van der Waals surface area contributed by atoms with Gasteiger partial charge in [0.2, 0.25) is 0 Å². The Hall–Kier alpha value is -3.04. The molecular weight excluding hydrogens is 381 g/mol. The Balaban J connectivity index is 2.00. The predicted molar refractivity (Wildman–Crippen MR) is 105 cm³/mol. The van der Waals surface area contributed by atoms with E-state index in [1.807, 2.05) is 30.3 Å². The lowest BCUT2D eigenvalue weighted by atomic mass is 9.89. The number of hydrogen-bond acceptors (Lipinski definition) is 2. The van der Waals surface area contributed by atoms with Gasteiger partial charge in [0.25, 0.3) is 0 Å². The van der Waals surface area contributed by atoms with Crippen LogP contribution in [0.1, 0.15) is 28.3 Å². The minimum Gasteiger partial charge on any atom is -0.354 e. The van der Waals surface area contributed by atoms with Crippen molar-refractivity contribution in [3.05, 3.63) is 82.0 Å². The van der Waals surface area contributed by atoms with Crippen molar-refractivity contribution in [3.63, 3.8) is 0 Å². The SMILES string of the molecule is N#Cc1ccc2c([C@@H](CC(F)(F)F)c3cccs3)c(-c3ccccc3)[nH]c2c1.